The highest BCUT2D eigenvalue weighted by molar-refractivity contribution is 6.38. The molecule has 2 saturated carbocycles. The summed E-state index contributed by atoms with van der Waals surface area (Å²) >= 11 is 0. The summed E-state index contributed by atoms with van der Waals surface area (Å²) in [4.78, 5) is 74.5. The molecule has 5 rings (SSSR count). The van der Waals surface area contributed by atoms with E-state index in [0.717, 1.165) is 38.5 Å². The van der Waals surface area contributed by atoms with Crippen molar-refractivity contribution in [3.05, 3.63) is 35.6 Å². The van der Waals surface area contributed by atoms with Crippen LogP contribution in [0.2, 0.25) is 0 Å². The Balaban J connectivity index is 1.38. The first-order valence-electron chi connectivity index (χ1n) is 16.7. The number of alkyl carbamates (subject to hydrolysis) is 1. The van der Waals surface area contributed by atoms with Crippen LogP contribution < -0.4 is 16.0 Å². The van der Waals surface area contributed by atoms with Crippen molar-refractivity contribution in [2.75, 3.05) is 6.54 Å². The molecule has 3 fully saturated rings. The Hall–Kier alpha value is -4.03. The summed E-state index contributed by atoms with van der Waals surface area (Å²) in [5.41, 5.74) is -0.661. The van der Waals surface area contributed by atoms with Crippen molar-refractivity contribution in [3.8, 4) is 0 Å². The predicted molar refractivity (Wildman–Crippen MR) is 170 cm³/mol. The lowest BCUT2D eigenvalue weighted by molar-refractivity contribution is -0.144. The number of hydrogen-bond acceptors (Lipinski definition) is 8. The van der Waals surface area contributed by atoms with Gasteiger partial charge in [0.1, 0.15) is 24.0 Å². The Labute approximate surface area is 274 Å². The number of halogens is 1. The molecule has 2 aliphatic carbocycles. The smallest absolute Gasteiger partial charge is 0.408 e. The Morgan fingerprint density at radius 2 is 1.74 bits per heavy atom. The summed E-state index contributed by atoms with van der Waals surface area (Å²) in [6.07, 6.45) is 5.24. The summed E-state index contributed by atoms with van der Waals surface area (Å²) in [7, 11) is 0. The SMILES string of the molecule is CCC[C@H](NC(=O)[C@@H]1C[C@]2(CC(c3ccc(F)cc3)=NO2)CN1C(=O)[C@@H](NC(=O)OC1CCCC1)C(C)(C)C)C(=O)C(=O)NC1CC1. The molecular weight excluding hydrogens is 609 g/mol. The average Bonchev–Trinajstić information content (AvgIpc) is 3.37. The summed E-state index contributed by atoms with van der Waals surface area (Å²) in [5, 5.41) is 12.5. The van der Waals surface area contributed by atoms with Gasteiger partial charge in [-0.3, -0.25) is 19.2 Å². The fourth-order valence-corrected chi connectivity index (χ4v) is 6.52. The second-order valence-corrected chi connectivity index (χ2v) is 14.4. The first kappa shape index (κ1) is 34.3. The Kier molecular flexibility index (Phi) is 10.2. The lowest BCUT2D eigenvalue weighted by atomic mass is 9.85. The number of amides is 4. The van der Waals surface area contributed by atoms with Crippen LogP contribution in [0.3, 0.4) is 0 Å². The molecule has 1 spiro atoms. The van der Waals surface area contributed by atoms with Crippen LogP contribution in [0.25, 0.3) is 0 Å². The van der Waals surface area contributed by atoms with Crippen molar-refractivity contribution < 1.29 is 37.9 Å². The summed E-state index contributed by atoms with van der Waals surface area (Å²) in [5.74, 6) is -2.99. The van der Waals surface area contributed by atoms with Crippen LogP contribution in [0.5, 0.6) is 0 Å². The lowest BCUT2D eigenvalue weighted by Crippen LogP contribution is -2.59. The molecule has 0 bridgehead atoms. The number of carbonyl (C=O) groups is 5. The fourth-order valence-electron chi connectivity index (χ4n) is 6.52. The second-order valence-electron chi connectivity index (χ2n) is 14.4. The summed E-state index contributed by atoms with van der Waals surface area (Å²) < 4.78 is 19.2. The number of rotatable bonds is 11. The minimum absolute atomic E-state index is 0.0239. The zero-order valence-corrected chi connectivity index (χ0v) is 27.6. The van der Waals surface area contributed by atoms with Gasteiger partial charge < -0.3 is 30.4 Å². The number of Topliss-reactive ketones (excluding diaryl/α,β-unsaturated/α-hetero) is 1. The Bertz CT molecular complexity index is 1400. The molecule has 1 aromatic carbocycles. The lowest BCUT2D eigenvalue weighted by Gasteiger charge is -2.35. The highest BCUT2D eigenvalue weighted by Crippen LogP contribution is 2.40. The van der Waals surface area contributed by atoms with Crippen molar-refractivity contribution in [3.63, 3.8) is 0 Å². The normalized spacial score (nSPS) is 23.9. The molecule has 12 nitrogen and oxygen atoms in total. The number of carbonyl (C=O) groups excluding carboxylic acids is 5. The molecule has 13 heteroatoms. The molecule has 2 aliphatic heterocycles. The van der Waals surface area contributed by atoms with Crippen LogP contribution in [0.4, 0.5) is 9.18 Å². The monoisotopic (exact) mass is 655 g/mol. The Morgan fingerprint density at radius 3 is 2.36 bits per heavy atom. The van der Waals surface area contributed by atoms with E-state index in [-0.39, 0.29) is 38.0 Å². The van der Waals surface area contributed by atoms with Crippen LogP contribution in [0, 0.1) is 11.2 Å². The highest BCUT2D eigenvalue weighted by Gasteiger charge is 2.55. The number of oxime groups is 1. The van der Waals surface area contributed by atoms with Gasteiger partial charge in [0.05, 0.1) is 18.3 Å². The first-order valence-corrected chi connectivity index (χ1v) is 16.7. The van der Waals surface area contributed by atoms with E-state index < -0.39 is 64.6 Å². The maximum absolute atomic E-state index is 14.4. The van der Waals surface area contributed by atoms with Crippen LogP contribution in [0.15, 0.2) is 29.4 Å². The molecule has 4 atom stereocenters. The minimum atomic E-state index is -1.10. The third kappa shape index (κ3) is 8.28. The van der Waals surface area contributed by atoms with Crippen LogP contribution in [-0.2, 0) is 28.8 Å². The van der Waals surface area contributed by atoms with Gasteiger partial charge in [-0.1, -0.05) is 51.4 Å². The summed E-state index contributed by atoms with van der Waals surface area (Å²) in [6.45, 7) is 7.24. The number of ketones is 1. The molecule has 4 aliphatic rings. The van der Waals surface area contributed by atoms with Gasteiger partial charge in [0.25, 0.3) is 5.91 Å². The van der Waals surface area contributed by atoms with E-state index >= 15 is 0 Å². The van der Waals surface area contributed by atoms with Gasteiger partial charge in [0.2, 0.25) is 17.6 Å². The average molecular weight is 656 g/mol. The van der Waals surface area contributed by atoms with Crippen molar-refractivity contribution in [1.82, 2.24) is 20.9 Å². The minimum Gasteiger partial charge on any atom is -0.446 e. The van der Waals surface area contributed by atoms with Gasteiger partial charge in [0.15, 0.2) is 5.60 Å². The molecule has 2 heterocycles. The molecule has 0 radical (unpaired) electrons. The van der Waals surface area contributed by atoms with E-state index in [1.807, 2.05) is 27.7 Å². The number of benzene rings is 1. The van der Waals surface area contributed by atoms with E-state index in [1.54, 1.807) is 12.1 Å². The van der Waals surface area contributed by atoms with Gasteiger partial charge in [-0.25, -0.2) is 9.18 Å². The molecule has 0 aromatic heterocycles. The van der Waals surface area contributed by atoms with E-state index in [1.165, 1.54) is 17.0 Å². The third-order valence-corrected chi connectivity index (χ3v) is 9.30. The van der Waals surface area contributed by atoms with Gasteiger partial charge in [0, 0.05) is 18.9 Å². The van der Waals surface area contributed by atoms with Gasteiger partial charge in [-0.2, -0.15) is 0 Å². The maximum atomic E-state index is 14.4. The van der Waals surface area contributed by atoms with E-state index in [2.05, 4.69) is 21.1 Å². The van der Waals surface area contributed by atoms with Crippen molar-refractivity contribution >= 4 is 35.3 Å². The topological polar surface area (TPSA) is 156 Å². The standard InChI is InChI=1S/C34H46FN5O7/c1-5-8-24(27(41)30(43)36-22-15-16-22)37-29(42)26-18-34(17-25(39-47-34)20-11-13-21(35)14-12-20)19-40(26)31(44)28(33(2,3)4)38-32(45)46-23-9-6-7-10-23/h11-14,22-24,26,28H,5-10,15-19H2,1-4H3,(H,36,43)(H,37,42)(H,38,45)/t24-,26-,28+,34+/m0/s1. The van der Waals surface area contributed by atoms with Crippen LogP contribution in [-0.4, -0.2) is 82.6 Å². The molecule has 0 unspecified atom stereocenters. The molecule has 47 heavy (non-hydrogen) atoms. The molecule has 4 amide bonds. The third-order valence-electron chi connectivity index (χ3n) is 9.30. The quantitative estimate of drug-likeness (QED) is 0.308. The van der Waals surface area contributed by atoms with Crippen molar-refractivity contribution in [1.29, 1.82) is 0 Å². The largest absolute Gasteiger partial charge is 0.446 e. The molecular formula is C34H46FN5O7. The summed E-state index contributed by atoms with van der Waals surface area (Å²) in [6, 6.07) is 2.55. The van der Waals surface area contributed by atoms with E-state index in [9.17, 15) is 28.4 Å². The van der Waals surface area contributed by atoms with E-state index in [0.29, 0.717) is 17.7 Å². The van der Waals surface area contributed by atoms with Crippen LogP contribution >= 0.6 is 0 Å². The highest BCUT2D eigenvalue weighted by atomic mass is 19.1. The van der Waals surface area contributed by atoms with Gasteiger partial charge in [-0.15, -0.1) is 0 Å². The maximum Gasteiger partial charge on any atom is 0.408 e. The number of likely N-dealkylation sites (tertiary alicyclic amines) is 1. The number of hydrogen-bond donors (Lipinski definition) is 3. The van der Waals surface area contributed by atoms with Gasteiger partial charge >= 0.3 is 6.09 Å². The number of nitrogens with zero attached hydrogens (tertiary/aromatic N) is 2. The Morgan fingerprint density at radius 1 is 1.06 bits per heavy atom. The van der Waals surface area contributed by atoms with Crippen molar-refractivity contribution in [2.45, 2.75) is 128 Å². The zero-order valence-electron chi connectivity index (χ0n) is 27.6. The molecule has 1 aromatic rings. The number of nitrogens with one attached hydrogen (secondary N) is 3. The number of ether oxygens (including phenoxy) is 1. The molecule has 256 valence electrons. The van der Waals surface area contributed by atoms with E-state index in [4.69, 9.17) is 9.57 Å². The second kappa shape index (κ2) is 14.0. The predicted octanol–water partition coefficient (Wildman–Crippen LogP) is 3.51. The molecule has 1 saturated heterocycles. The molecule has 3 N–H and O–H groups in total. The fraction of sp³-hybridized carbons (Fsp3) is 0.647. The van der Waals surface area contributed by atoms with Gasteiger partial charge in [-0.05, 0) is 68.1 Å². The van der Waals surface area contributed by atoms with Crippen molar-refractivity contribution in [2.24, 2.45) is 10.6 Å². The first-order chi connectivity index (χ1) is 22.3. The zero-order chi connectivity index (χ0) is 33.9. The van der Waals surface area contributed by atoms with Crippen LogP contribution in [0.1, 0.15) is 97.5 Å².